The van der Waals surface area contributed by atoms with Crippen LogP contribution in [0, 0.1) is 35.3 Å². The van der Waals surface area contributed by atoms with Crippen LogP contribution in [0.2, 0.25) is 15.3 Å². The maximum absolute atomic E-state index is 13.6. The van der Waals surface area contributed by atoms with E-state index in [0.29, 0.717) is 179 Å². The summed E-state index contributed by atoms with van der Waals surface area (Å²) in [6.07, 6.45) is 30.6. The van der Waals surface area contributed by atoms with E-state index in [9.17, 15) is 33.2 Å². The number of methoxy groups -OCH3 is 1. The van der Waals surface area contributed by atoms with Crippen molar-refractivity contribution in [3.63, 3.8) is 0 Å². The van der Waals surface area contributed by atoms with Gasteiger partial charge in [-0.15, -0.1) is 0 Å². The predicted octanol–water partition coefficient (Wildman–Crippen LogP) is 24.4. The van der Waals surface area contributed by atoms with Crippen LogP contribution in [0.25, 0.3) is 76.7 Å². The summed E-state index contributed by atoms with van der Waals surface area (Å²) in [4.78, 5) is 135. The molecule has 13 heterocycles. The van der Waals surface area contributed by atoms with Crippen LogP contribution in [0.4, 0.5) is 51.7 Å². The highest BCUT2D eigenvalue weighted by molar-refractivity contribution is 6.41. The number of nitrogens with one attached hydrogen (secondary N) is 6. The van der Waals surface area contributed by atoms with E-state index in [1.807, 2.05) is 104 Å². The molecule has 1 saturated heterocycles. The molecule has 12 aromatic rings. The van der Waals surface area contributed by atoms with Gasteiger partial charge in [0, 0.05) is 87.9 Å². The quantitative estimate of drug-likeness (QED) is 0.0256. The smallest absolute Gasteiger partial charge is 0.271 e. The minimum atomic E-state index is -1.11. The van der Waals surface area contributed by atoms with Gasteiger partial charge >= 0.3 is 0 Å². The lowest BCUT2D eigenvalue weighted by Gasteiger charge is -2.38. The van der Waals surface area contributed by atoms with E-state index in [0.717, 1.165) is 143 Å². The molecular weight excluding hydrogens is 1850 g/mol. The molecule has 7 aliphatic carbocycles. The van der Waals surface area contributed by atoms with Crippen molar-refractivity contribution in [3.05, 3.63) is 117 Å². The molecule has 8 aliphatic rings. The number of aromatic nitrogens is 18. The number of ether oxygens (including phenoxy) is 2. The number of carbonyl (C=O) groups is 6. The third kappa shape index (κ3) is 26.2. The normalized spacial score (nSPS) is 18.8. The second kappa shape index (κ2) is 43.6. The van der Waals surface area contributed by atoms with E-state index in [4.69, 9.17) is 57.4 Å². The van der Waals surface area contributed by atoms with Crippen molar-refractivity contribution in [3.8, 4) is 0 Å². The molecule has 1 aliphatic heterocycles. The first kappa shape index (κ1) is 104. The molecule has 12 aromatic heterocycles. The Morgan fingerprint density at radius 1 is 0.426 bits per heavy atom. The highest BCUT2D eigenvalue weighted by Gasteiger charge is 2.43. The zero-order chi connectivity index (χ0) is 101. The van der Waals surface area contributed by atoms with Crippen molar-refractivity contribution in [1.29, 1.82) is 0 Å². The fourth-order valence-corrected chi connectivity index (χ4v) is 19.0. The predicted molar refractivity (Wildman–Crippen MR) is 549 cm³/mol. The summed E-state index contributed by atoms with van der Waals surface area (Å²) in [6.45, 7) is 42.4. The van der Waals surface area contributed by atoms with E-state index in [1.165, 1.54) is 25.7 Å². The Morgan fingerprint density at radius 3 is 1.11 bits per heavy atom. The van der Waals surface area contributed by atoms with Gasteiger partial charge < -0.3 is 19.2 Å². The fourth-order valence-electron chi connectivity index (χ4n) is 18.5. The van der Waals surface area contributed by atoms with Crippen molar-refractivity contribution < 1.29 is 42.6 Å². The summed E-state index contributed by atoms with van der Waals surface area (Å²) < 4.78 is 37.1. The molecule has 141 heavy (non-hydrogen) atoms. The minimum absolute atomic E-state index is 0.0107. The molecule has 0 bridgehead atoms. The lowest BCUT2D eigenvalue weighted by Crippen LogP contribution is -2.38. The average Bonchev–Trinajstić information content (AvgIpc) is 1.67. The number of hydrogen-bond donors (Lipinski definition) is 6. The van der Waals surface area contributed by atoms with Gasteiger partial charge in [-0.05, 0) is 278 Å². The second-order valence-corrected chi connectivity index (χ2v) is 45.0. The van der Waals surface area contributed by atoms with Crippen LogP contribution in [-0.2, 0) is 38.2 Å². The maximum atomic E-state index is 13.6. The van der Waals surface area contributed by atoms with Crippen molar-refractivity contribution in [2.75, 3.05) is 39.0 Å². The second-order valence-electron chi connectivity index (χ2n) is 43.8. The Bertz CT molecular complexity index is 6660. The first-order chi connectivity index (χ1) is 66.9. The number of pyridine rings is 6. The number of hydrogen-bond acceptors (Lipinski definition) is 20. The number of alkyl halides is 1. The third-order valence-electron chi connectivity index (χ3n) is 27.1. The summed E-state index contributed by atoms with van der Waals surface area (Å²) in [5.74, 6) is 3.89. The zero-order valence-electron chi connectivity index (χ0n) is 83.6. The Hall–Kier alpha value is -11.8. The number of anilines is 6. The average molecular weight is 1990 g/mol. The summed E-state index contributed by atoms with van der Waals surface area (Å²) in [5, 5.41) is 18.7. The van der Waals surface area contributed by atoms with Crippen LogP contribution >= 0.6 is 34.8 Å². The molecule has 0 spiro atoms. The van der Waals surface area contributed by atoms with Gasteiger partial charge in [0.15, 0.2) is 22.6 Å². The number of carbonyl (C=O) groups excluding carboxylic acids is 6. The van der Waals surface area contributed by atoms with Crippen molar-refractivity contribution in [2.24, 2.45) is 22.2 Å². The number of amides is 6. The van der Waals surface area contributed by atoms with Gasteiger partial charge in [0.1, 0.15) is 49.1 Å². The molecule has 750 valence electrons. The first-order valence-electron chi connectivity index (χ1n) is 49.6. The van der Waals surface area contributed by atoms with E-state index < -0.39 is 5.67 Å². The first-order valence-corrected chi connectivity index (χ1v) is 50.7. The van der Waals surface area contributed by atoms with E-state index in [2.05, 4.69) is 145 Å². The van der Waals surface area contributed by atoms with Crippen molar-refractivity contribution in [2.45, 2.75) is 349 Å². The van der Waals surface area contributed by atoms with Gasteiger partial charge in [0.25, 0.3) is 22.9 Å². The number of nitrogens with zero attached hydrogens (tertiary/aromatic N) is 20. The Morgan fingerprint density at radius 2 is 0.759 bits per heavy atom. The van der Waals surface area contributed by atoms with Gasteiger partial charge in [-0.25, -0.2) is 54.2 Å². The molecule has 0 aromatic carbocycles. The van der Waals surface area contributed by atoms with Crippen LogP contribution < -0.4 is 31.9 Å². The monoisotopic (exact) mass is 1980 g/mol. The molecular formula is C103H132Cl3FN26O8. The summed E-state index contributed by atoms with van der Waals surface area (Å²) in [5.41, 5.74) is 7.18. The van der Waals surface area contributed by atoms with Gasteiger partial charge in [0.2, 0.25) is 71.1 Å². The molecule has 8 fully saturated rings. The highest BCUT2D eigenvalue weighted by atomic mass is 35.5. The van der Waals surface area contributed by atoms with E-state index in [-0.39, 0.29) is 86.1 Å². The number of imidazole rings is 6. The van der Waals surface area contributed by atoms with Crippen LogP contribution in [0.3, 0.4) is 0 Å². The molecule has 20 rings (SSSR count). The standard InChI is InChI=1S/C19H26N4O2.C18H23N5O2.C17H20ClFN4O.C17H21N5O.C16H20Cl2N4O.C16H22N4O/c1-19(2)10-4-8-14(25-19)12-16(24)22-18-21-15-9-5-11-20-17(15)23(18)13-6-3-7-13;1-18(2,25-4)11-10-15(24)22-17-20-13-8-9-14(19-3)21-16(13)23(17)12-6-5-7-12;1-17(19)8-10(9-17)7-14(24)22-16-20-12-5-6-13(18)21-15(12)23(16)11-3-2-4-11;1-17(2,3)10-14(23)21-16-19-12-8-9-13(18-4)20-15(12)22(16)11-6-5-7-11;1-16(2,3)8-12(23)20-15-19-11-7-10(17)13(18)21-14(11)22(15)9-5-4-6-9;1-16(2,3)10-13(21)19-15-18-12-8-5-9-17-14(12)20(15)11-6-4-7-11/h5,9,11,13-14H,3-4,6-8,10,12H2,1-2H3,(H,21,22,24);8-9,12H,5-7,10-11H2,1-2,4H3,(H,20,22,24);5-6,10-11H,2-4,7-9H2,1H3,(H,20,22,24);8-9,11H,5-7,10H2,1-3H3,(H,19,21,23);7,9H,4-6,8H2,1-3H3,(H,19,20,23);5,8-9,11H,4,6-7,10H2,1-3H3,(H,18,19,21)/t14-;;;;;/m0...../s1. The van der Waals surface area contributed by atoms with Gasteiger partial charge in [-0.2, -0.15) is 0 Å². The van der Waals surface area contributed by atoms with Gasteiger partial charge in [-0.3, -0.25) is 88.1 Å². The third-order valence-corrected chi connectivity index (χ3v) is 28.0. The van der Waals surface area contributed by atoms with E-state index >= 15 is 0 Å². The summed E-state index contributed by atoms with van der Waals surface area (Å²) >= 11 is 18.1. The number of fused-ring (bicyclic) bond motifs is 6. The summed E-state index contributed by atoms with van der Waals surface area (Å²) in [7, 11) is 1.65. The fraction of sp³-hybridized carbons (Fsp3) is 0.573. The Balaban J connectivity index is 0.000000128. The Kier molecular flexibility index (Phi) is 32.0. The molecule has 34 nitrogen and oxygen atoms in total. The molecule has 6 N–H and O–H groups in total. The highest BCUT2D eigenvalue weighted by Crippen LogP contribution is 2.47. The molecule has 0 unspecified atom stereocenters. The van der Waals surface area contributed by atoms with Gasteiger partial charge in [0.05, 0.1) is 28.7 Å². The zero-order valence-corrected chi connectivity index (χ0v) is 85.8. The van der Waals surface area contributed by atoms with Crippen LogP contribution in [0.5, 0.6) is 0 Å². The Labute approximate surface area is 836 Å². The molecule has 1 atom stereocenters. The van der Waals surface area contributed by atoms with Gasteiger partial charge in [-0.1, -0.05) is 120 Å². The molecule has 6 amide bonds. The maximum Gasteiger partial charge on any atom is 0.271 e. The number of rotatable bonds is 23. The summed E-state index contributed by atoms with van der Waals surface area (Å²) in [6, 6.07) is 21.7. The SMILES string of the molecule is CC(C)(C)CC(=O)Nc1nc2cc(Cl)c(Cl)nc2n1C1CCC1.CC(C)(C)CC(=O)Nc1nc2cccnc2n1C1CCC1.CC1(C)CCC[C@@H](CC(=O)Nc2nc3cccnc3n2C2CCC2)O1.CC1(F)CC(CC(=O)Nc2nc3ccc(Cl)nc3n2C2CCC2)C1.[C-]#[N+]c1ccc2nc(NC(=O)CC(C)(C)C)n(C3CCC3)c2n1.[C-]#[N+]c1ccc2nc(NC(=O)CCC(C)(C)OC)n(C3CCC3)c2n1. The molecule has 0 radical (unpaired) electrons. The van der Waals surface area contributed by atoms with Crippen molar-refractivity contribution in [1.82, 2.24) is 87.2 Å². The molecule has 7 saturated carbocycles. The van der Waals surface area contributed by atoms with Crippen LogP contribution in [-0.4, -0.2) is 153 Å². The van der Waals surface area contributed by atoms with Crippen LogP contribution in [0.15, 0.2) is 79.1 Å². The topological polar surface area (TPSA) is 386 Å². The van der Waals surface area contributed by atoms with Crippen molar-refractivity contribution >= 4 is 185 Å². The lowest BCUT2D eigenvalue weighted by atomic mass is 9.72. The van der Waals surface area contributed by atoms with Crippen LogP contribution in [0.1, 0.15) is 326 Å². The number of halogens is 4. The van der Waals surface area contributed by atoms with E-state index in [1.54, 1.807) is 62.8 Å². The molecule has 38 heteroatoms. The lowest BCUT2D eigenvalue weighted by molar-refractivity contribution is -0.131. The minimum Gasteiger partial charge on any atom is -0.379 e. The largest absolute Gasteiger partial charge is 0.379 e.